The van der Waals surface area contributed by atoms with Gasteiger partial charge in [0.05, 0.1) is 6.10 Å². The summed E-state index contributed by atoms with van der Waals surface area (Å²) in [5.41, 5.74) is 0. The number of hydrogen-bond donors (Lipinski definition) is 1. The van der Waals surface area contributed by atoms with Crippen LogP contribution in [-0.4, -0.2) is 40.3 Å². The number of nitrogens with zero attached hydrogens (tertiary/aromatic N) is 2. The van der Waals surface area contributed by atoms with Gasteiger partial charge in [-0.1, -0.05) is 6.42 Å². The first kappa shape index (κ1) is 10.7. The molecular formula is C12H20N2O. The first-order valence-corrected chi connectivity index (χ1v) is 5.86. The Morgan fingerprint density at radius 2 is 1.67 bits per heavy atom. The molecule has 1 N–H and O–H groups in total. The van der Waals surface area contributed by atoms with Crippen LogP contribution in [-0.2, 0) is 6.54 Å². The summed E-state index contributed by atoms with van der Waals surface area (Å²) in [5.74, 6) is 0. The first-order valence-electron chi connectivity index (χ1n) is 5.86. The predicted molar refractivity (Wildman–Crippen MR) is 60.7 cm³/mol. The van der Waals surface area contributed by atoms with Gasteiger partial charge in [0.25, 0.3) is 0 Å². The molecular weight excluding hydrogens is 188 g/mol. The van der Waals surface area contributed by atoms with E-state index < -0.39 is 0 Å². The van der Waals surface area contributed by atoms with Crippen molar-refractivity contribution >= 4 is 0 Å². The van der Waals surface area contributed by atoms with Crippen LogP contribution >= 0.6 is 0 Å². The minimum Gasteiger partial charge on any atom is -0.390 e. The molecule has 1 aromatic heterocycles. The summed E-state index contributed by atoms with van der Waals surface area (Å²) in [6, 6.07) is 3.99. The fourth-order valence-electron chi connectivity index (χ4n) is 2.23. The van der Waals surface area contributed by atoms with Gasteiger partial charge in [0.2, 0.25) is 0 Å². The molecule has 3 nitrogen and oxygen atoms in total. The van der Waals surface area contributed by atoms with Gasteiger partial charge in [0.1, 0.15) is 0 Å². The molecule has 1 fully saturated rings. The van der Waals surface area contributed by atoms with Crippen LogP contribution in [0.1, 0.15) is 19.3 Å². The highest BCUT2D eigenvalue weighted by Gasteiger charge is 2.14. The molecule has 1 atom stereocenters. The molecule has 3 heteroatoms. The Labute approximate surface area is 91.3 Å². The van der Waals surface area contributed by atoms with Crippen molar-refractivity contribution in [2.75, 3.05) is 19.6 Å². The number of likely N-dealkylation sites (tertiary alicyclic amines) is 1. The first-order chi connectivity index (χ1) is 7.34. The third-order valence-electron chi connectivity index (χ3n) is 3.01. The maximum Gasteiger partial charge on any atom is 0.0845 e. The molecule has 1 aliphatic heterocycles. The van der Waals surface area contributed by atoms with Crippen LogP contribution < -0.4 is 0 Å². The standard InChI is InChI=1S/C12H20N2O/c15-12(11-14-8-4-5-9-14)10-13-6-2-1-3-7-13/h4-5,8-9,12,15H,1-3,6-7,10-11H2. The van der Waals surface area contributed by atoms with Crippen molar-refractivity contribution < 1.29 is 5.11 Å². The number of hydrogen-bond acceptors (Lipinski definition) is 2. The van der Waals surface area contributed by atoms with Crippen molar-refractivity contribution in [2.24, 2.45) is 0 Å². The van der Waals surface area contributed by atoms with Gasteiger partial charge in [-0.15, -0.1) is 0 Å². The van der Waals surface area contributed by atoms with Crippen LogP contribution in [0.15, 0.2) is 24.5 Å². The molecule has 0 radical (unpaired) electrons. The van der Waals surface area contributed by atoms with E-state index in [-0.39, 0.29) is 6.10 Å². The number of piperidine rings is 1. The van der Waals surface area contributed by atoms with Gasteiger partial charge >= 0.3 is 0 Å². The lowest BCUT2D eigenvalue weighted by atomic mass is 10.1. The molecule has 0 aromatic carbocycles. The summed E-state index contributed by atoms with van der Waals surface area (Å²) >= 11 is 0. The molecule has 84 valence electrons. The minimum atomic E-state index is -0.240. The van der Waals surface area contributed by atoms with Crippen LogP contribution in [0.4, 0.5) is 0 Å². The highest BCUT2D eigenvalue weighted by Crippen LogP contribution is 2.09. The van der Waals surface area contributed by atoms with E-state index in [0.29, 0.717) is 6.54 Å². The van der Waals surface area contributed by atoms with Crippen molar-refractivity contribution in [3.8, 4) is 0 Å². The quantitative estimate of drug-likeness (QED) is 0.808. The Balaban J connectivity index is 1.74. The molecule has 0 bridgehead atoms. The largest absolute Gasteiger partial charge is 0.390 e. The molecule has 0 aliphatic carbocycles. The number of β-amino-alcohol motifs (C(OH)–C–C–N with tert-alkyl or cyclic N) is 1. The Hall–Kier alpha value is -0.800. The molecule has 2 rings (SSSR count). The van der Waals surface area contributed by atoms with Gasteiger partial charge in [0, 0.05) is 25.5 Å². The Morgan fingerprint density at radius 3 is 2.33 bits per heavy atom. The van der Waals surface area contributed by atoms with E-state index in [9.17, 15) is 5.11 Å². The van der Waals surface area contributed by atoms with E-state index in [1.807, 2.05) is 29.1 Å². The predicted octanol–water partition coefficient (Wildman–Crippen LogP) is 1.33. The zero-order valence-electron chi connectivity index (χ0n) is 9.18. The van der Waals surface area contributed by atoms with E-state index in [1.54, 1.807) is 0 Å². The van der Waals surface area contributed by atoms with E-state index in [1.165, 1.54) is 19.3 Å². The van der Waals surface area contributed by atoms with Crippen LogP contribution in [0.2, 0.25) is 0 Å². The smallest absolute Gasteiger partial charge is 0.0845 e. The van der Waals surface area contributed by atoms with Crippen LogP contribution in [0.25, 0.3) is 0 Å². The second-order valence-electron chi connectivity index (χ2n) is 4.39. The minimum absolute atomic E-state index is 0.240. The summed E-state index contributed by atoms with van der Waals surface area (Å²) in [5, 5.41) is 9.91. The highest BCUT2D eigenvalue weighted by molar-refractivity contribution is 4.90. The monoisotopic (exact) mass is 208 g/mol. The fraction of sp³-hybridized carbons (Fsp3) is 0.667. The molecule has 1 aromatic rings. The van der Waals surface area contributed by atoms with E-state index in [2.05, 4.69) is 4.90 Å². The summed E-state index contributed by atoms with van der Waals surface area (Å²) in [7, 11) is 0. The average molecular weight is 208 g/mol. The van der Waals surface area contributed by atoms with Crippen molar-refractivity contribution in [3.05, 3.63) is 24.5 Å². The molecule has 1 unspecified atom stereocenters. The molecule has 15 heavy (non-hydrogen) atoms. The second-order valence-corrected chi connectivity index (χ2v) is 4.39. The number of aromatic nitrogens is 1. The zero-order valence-corrected chi connectivity index (χ0v) is 9.18. The summed E-state index contributed by atoms with van der Waals surface area (Å²) in [6.45, 7) is 3.84. The molecule has 1 saturated heterocycles. The van der Waals surface area contributed by atoms with Crippen molar-refractivity contribution in [2.45, 2.75) is 31.9 Å². The number of aliphatic hydroxyl groups excluding tert-OH is 1. The second kappa shape index (κ2) is 5.33. The van der Waals surface area contributed by atoms with Crippen molar-refractivity contribution in [1.29, 1.82) is 0 Å². The van der Waals surface area contributed by atoms with Gasteiger partial charge in [0.15, 0.2) is 0 Å². The van der Waals surface area contributed by atoms with Gasteiger partial charge < -0.3 is 14.6 Å². The van der Waals surface area contributed by atoms with Crippen LogP contribution in [0.5, 0.6) is 0 Å². The molecule has 0 spiro atoms. The third kappa shape index (κ3) is 3.36. The van der Waals surface area contributed by atoms with E-state index >= 15 is 0 Å². The molecule has 2 heterocycles. The van der Waals surface area contributed by atoms with Gasteiger partial charge in [-0.3, -0.25) is 0 Å². The Bertz CT molecular complexity index is 265. The lowest BCUT2D eigenvalue weighted by molar-refractivity contribution is 0.0884. The lowest BCUT2D eigenvalue weighted by Crippen LogP contribution is -2.37. The average Bonchev–Trinajstić information content (AvgIpc) is 2.71. The summed E-state index contributed by atoms with van der Waals surface area (Å²) in [6.07, 6.45) is 7.69. The van der Waals surface area contributed by atoms with Gasteiger partial charge in [-0.05, 0) is 38.1 Å². The Kier molecular flexibility index (Phi) is 3.80. The maximum absolute atomic E-state index is 9.91. The number of rotatable bonds is 4. The van der Waals surface area contributed by atoms with Crippen LogP contribution in [0, 0.1) is 0 Å². The fourth-order valence-corrected chi connectivity index (χ4v) is 2.23. The molecule has 0 saturated carbocycles. The summed E-state index contributed by atoms with van der Waals surface area (Å²) < 4.78 is 2.04. The van der Waals surface area contributed by atoms with E-state index in [4.69, 9.17) is 0 Å². The SMILES string of the molecule is OC(CN1CCCCC1)Cn1cccc1. The van der Waals surface area contributed by atoms with Gasteiger partial charge in [-0.25, -0.2) is 0 Å². The van der Waals surface area contributed by atoms with Gasteiger partial charge in [-0.2, -0.15) is 0 Å². The zero-order chi connectivity index (χ0) is 10.5. The Morgan fingerprint density at radius 1 is 1.00 bits per heavy atom. The maximum atomic E-state index is 9.91. The van der Waals surface area contributed by atoms with E-state index in [0.717, 1.165) is 19.6 Å². The normalized spacial score (nSPS) is 20.3. The molecule has 1 aliphatic rings. The van der Waals surface area contributed by atoms with Crippen LogP contribution in [0.3, 0.4) is 0 Å². The number of aliphatic hydroxyl groups is 1. The third-order valence-corrected chi connectivity index (χ3v) is 3.01. The van der Waals surface area contributed by atoms with Crippen molar-refractivity contribution in [1.82, 2.24) is 9.47 Å². The topological polar surface area (TPSA) is 28.4 Å². The highest BCUT2D eigenvalue weighted by atomic mass is 16.3. The lowest BCUT2D eigenvalue weighted by Gasteiger charge is -2.28. The van der Waals surface area contributed by atoms with Crippen molar-refractivity contribution in [3.63, 3.8) is 0 Å². The summed E-state index contributed by atoms with van der Waals surface area (Å²) in [4.78, 5) is 2.37. The molecule has 0 amide bonds.